The highest BCUT2D eigenvalue weighted by molar-refractivity contribution is 7.98. The Morgan fingerprint density at radius 3 is 3.00 bits per heavy atom. The van der Waals surface area contributed by atoms with Crippen LogP contribution in [0.15, 0.2) is 17.4 Å². The van der Waals surface area contributed by atoms with Crippen molar-refractivity contribution in [1.29, 1.82) is 0 Å². The van der Waals surface area contributed by atoms with Crippen molar-refractivity contribution in [3.8, 4) is 0 Å². The first-order chi connectivity index (χ1) is 7.26. The number of thioether (sulfide) groups is 1. The molecule has 0 aliphatic carbocycles. The van der Waals surface area contributed by atoms with Crippen LogP contribution < -0.4 is 11.1 Å². The van der Waals surface area contributed by atoms with Gasteiger partial charge in [0.25, 0.3) is 0 Å². The summed E-state index contributed by atoms with van der Waals surface area (Å²) >= 11 is 1.62. The van der Waals surface area contributed by atoms with E-state index in [-0.39, 0.29) is 0 Å². The van der Waals surface area contributed by atoms with Crippen LogP contribution in [0.25, 0.3) is 0 Å². The summed E-state index contributed by atoms with van der Waals surface area (Å²) in [6, 6.07) is 2.36. The maximum atomic E-state index is 5.46. The Morgan fingerprint density at radius 1 is 1.53 bits per heavy atom. The van der Waals surface area contributed by atoms with Crippen LogP contribution in [0.1, 0.15) is 19.8 Å². The van der Waals surface area contributed by atoms with E-state index in [2.05, 4.69) is 22.2 Å². The average molecular weight is 226 g/mol. The van der Waals surface area contributed by atoms with Gasteiger partial charge in [-0.15, -0.1) is 11.8 Å². The van der Waals surface area contributed by atoms with Gasteiger partial charge in [0.2, 0.25) is 0 Å². The fraction of sp³-hybridized carbons (Fsp3) is 0.600. The van der Waals surface area contributed by atoms with E-state index in [4.69, 9.17) is 5.73 Å². The normalized spacial score (nSPS) is 12.5. The molecule has 0 saturated heterocycles. The molecule has 5 heteroatoms. The number of nitrogens with one attached hydrogen (secondary N) is 1. The molecule has 0 aliphatic heterocycles. The first-order valence-electron chi connectivity index (χ1n) is 5.09. The van der Waals surface area contributed by atoms with Crippen LogP contribution >= 0.6 is 11.8 Å². The SMILES string of the molecule is CSc1cc(NC(C)CCCN)ncn1. The summed E-state index contributed by atoms with van der Waals surface area (Å²) in [4.78, 5) is 8.29. The van der Waals surface area contributed by atoms with Crippen LogP contribution in [-0.2, 0) is 0 Å². The Balaban J connectivity index is 2.48. The topological polar surface area (TPSA) is 63.8 Å². The van der Waals surface area contributed by atoms with Crippen LogP contribution in [-0.4, -0.2) is 28.8 Å². The lowest BCUT2D eigenvalue weighted by atomic mass is 10.2. The Labute approximate surface area is 95.1 Å². The first-order valence-corrected chi connectivity index (χ1v) is 6.31. The second-order valence-corrected chi connectivity index (χ2v) is 4.25. The quantitative estimate of drug-likeness (QED) is 0.571. The molecule has 0 aromatic carbocycles. The van der Waals surface area contributed by atoms with Crippen LogP contribution in [0.2, 0.25) is 0 Å². The molecule has 1 heterocycles. The fourth-order valence-electron chi connectivity index (χ4n) is 1.28. The van der Waals surface area contributed by atoms with E-state index in [0.29, 0.717) is 6.04 Å². The summed E-state index contributed by atoms with van der Waals surface area (Å²) in [6.45, 7) is 2.88. The Bertz CT molecular complexity index is 293. The molecule has 0 spiro atoms. The Hall–Kier alpha value is -0.810. The van der Waals surface area contributed by atoms with Gasteiger partial charge in [-0.25, -0.2) is 9.97 Å². The Kier molecular flexibility index (Phi) is 5.42. The monoisotopic (exact) mass is 226 g/mol. The molecule has 0 fully saturated rings. The van der Waals surface area contributed by atoms with Gasteiger partial charge in [0.05, 0.1) is 0 Å². The molecule has 1 rings (SSSR count). The molecule has 15 heavy (non-hydrogen) atoms. The van der Waals surface area contributed by atoms with E-state index < -0.39 is 0 Å². The summed E-state index contributed by atoms with van der Waals surface area (Å²) in [5.41, 5.74) is 5.46. The largest absolute Gasteiger partial charge is 0.367 e. The lowest BCUT2D eigenvalue weighted by Crippen LogP contribution is -2.17. The van der Waals surface area contributed by atoms with Gasteiger partial charge < -0.3 is 11.1 Å². The molecular formula is C10H18N4S. The van der Waals surface area contributed by atoms with E-state index in [1.54, 1.807) is 18.1 Å². The molecule has 1 aromatic rings. The van der Waals surface area contributed by atoms with Gasteiger partial charge in [0.1, 0.15) is 17.2 Å². The van der Waals surface area contributed by atoms with Crippen LogP contribution in [0.5, 0.6) is 0 Å². The molecule has 0 radical (unpaired) electrons. The van der Waals surface area contributed by atoms with Crippen molar-refractivity contribution in [3.05, 3.63) is 12.4 Å². The van der Waals surface area contributed by atoms with Crippen molar-refractivity contribution in [2.75, 3.05) is 18.1 Å². The third-order valence-corrected chi connectivity index (χ3v) is 2.73. The minimum atomic E-state index is 0.401. The van der Waals surface area contributed by atoms with Gasteiger partial charge in [-0.1, -0.05) is 0 Å². The van der Waals surface area contributed by atoms with Gasteiger partial charge in [0.15, 0.2) is 0 Å². The number of nitrogens with zero attached hydrogens (tertiary/aromatic N) is 2. The maximum absolute atomic E-state index is 5.46. The third kappa shape index (κ3) is 4.48. The van der Waals surface area contributed by atoms with E-state index >= 15 is 0 Å². The molecule has 4 nitrogen and oxygen atoms in total. The first kappa shape index (κ1) is 12.3. The number of aromatic nitrogens is 2. The summed E-state index contributed by atoms with van der Waals surface area (Å²) < 4.78 is 0. The number of anilines is 1. The highest BCUT2D eigenvalue weighted by Crippen LogP contribution is 2.14. The van der Waals surface area contributed by atoms with Gasteiger partial charge in [-0.05, 0) is 32.6 Å². The number of hydrogen-bond acceptors (Lipinski definition) is 5. The molecule has 1 aromatic heterocycles. The third-order valence-electron chi connectivity index (χ3n) is 2.09. The smallest absolute Gasteiger partial charge is 0.130 e. The molecular weight excluding hydrogens is 208 g/mol. The number of nitrogens with two attached hydrogens (primary N) is 1. The van der Waals surface area contributed by atoms with Crippen molar-refractivity contribution in [2.24, 2.45) is 5.73 Å². The molecule has 0 bridgehead atoms. The zero-order chi connectivity index (χ0) is 11.1. The minimum Gasteiger partial charge on any atom is -0.367 e. The Morgan fingerprint density at radius 2 is 2.33 bits per heavy atom. The van der Waals surface area contributed by atoms with E-state index in [1.807, 2.05) is 12.3 Å². The molecule has 1 atom stereocenters. The second kappa shape index (κ2) is 6.63. The van der Waals surface area contributed by atoms with Gasteiger partial charge in [-0.2, -0.15) is 0 Å². The van der Waals surface area contributed by atoms with E-state index in [9.17, 15) is 0 Å². The number of rotatable bonds is 6. The predicted molar refractivity (Wildman–Crippen MR) is 65.2 cm³/mol. The van der Waals surface area contributed by atoms with E-state index in [1.165, 1.54) is 0 Å². The lowest BCUT2D eigenvalue weighted by Gasteiger charge is -2.13. The molecule has 84 valence electrons. The van der Waals surface area contributed by atoms with Crippen LogP contribution in [0.4, 0.5) is 5.82 Å². The summed E-state index contributed by atoms with van der Waals surface area (Å²) in [5, 5.41) is 4.32. The molecule has 0 amide bonds. The fourth-order valence-corrected chi connectivity index (χ4v) is 1.66. The lowest BCUT2D eigenvalue weighted by molar-refractivity contribution is 0.660. The van der Waals surface area contributed by atoms with Crippen molar-refractivity contribution < 1.29 is 0 Å². The summed E-state index contributed by atoms with van der Waals surface area (Å²) in [6.07, 6.45) is 5.69. The van der Waals surface area contributed by atoms with Gasteiger partial charge >= 0.3 is 0 Å². The highest BCUT2D eigenvalue weighted by Gasteiger charge is 2.03. The predicted octanol–water partition coefficient (Wildman–Crippen LogP) is 1.74. The molecule has 1 unspecified atom stereocenters. The molecule has 3 N–H and O–H groups in total. The number of hydrogen-bond donors (Lipinski definition) is 2. The highest BCUT2D eigenvalue weighted by atomic mass is 32.2. The van der Waals surface area contributed by atoms with Gasteiger partial charge in [0, 0.05) is 12.1 Å². The standard InChI is InChI=1S/C10H18N4S/c1-8(4-3-5-11)14-9-6-10(15-2)13-7-12-9/h6-8H,3-5,11H2,1-2H3,(H,12,13,14). The molecule has 0 aliphatic rings. The van der Waals surface area contributed by atoms with Crippen LogP contribution in [0.3, 0.4) is 0 Å². The van der Waals surface area contributed by atoms with Gasteiger partial charge in [-0.3, -0.25) is 0 Å². The molecule has 0 saturated carbocycles. The van der Waals surface area contributed by atoms with Crippen LogP contribution in [0, 0.1) is 0 Å². The zero-order valence-corrected chi connectivity index (χ0v) is 10.0. The van der Waals surface area contributed by atoms with Crippen molar-refractivity contribution >= 4 is 17.6 Å². The van der Waals surface area contributed by atoms with Crippen molar-refractivity contribution in [2.45, 2.75) is 30.8 Å². The minimum absolute atomic E-state index is 0.401. The zero-order valence-electron chi connectivity index (χ0n) is 9.23. The maximum Gasteiger partial charge on any atom is 0.130 e. The summed E-state index contributed by atoms with van der Waals surface area (Å²) in [7, 11) is 0. The van der Waals surface area contributed by atoms with Crippen molar-refractivity contribution in [1.82, 2.24) is 9.97 Å². The average Bonchev–Trinajstić information content (AvgIpc) is 2.26. The summed E-state index contributed by atoms with van der Waals surface area (Å²) in [5.74, 6) is 0.888. The van der Waals surface area contributed by atoms with E-state index in [0.717, 1.165) is 30.2 Å². The second-order valence-electron chi connectivity index (χ2n) is 3.42. The van der Waals surface area contributed by atoms with Crippen molar-refractivity contribution in [3.63, 3.8) is 0 Å².